The SMILES string of the molecule is C=CNCCCn1c(=O)[nH]c(=O)c2ccccc21. The van der Waals surface area contributed by atoms with Crippen LogP contribution in [-0.4, -0.2) is 16.1 Å². The van der Waals surface area contributed by atoms with Gasteiger partial charge in [0.15, 0.2) is 0 Å². The first-order chi connectivity index (χ1) is 8.74. The lowest BCUT2D eigenvalue weighted by Gasteiger charge is -2.09. The third-order valence-electron chi connectivity index (χ3n) is 2.75. The van der Waals surface area contributed by atoms with Gasteiger partial charge in [-0.2, -0.15) is 0 Å². The van der Waals surface area contributed by atoms with Crippen molar-refractivity contribution in [3.63, 3.8) is 0 Å². The van der Waals surface area contributed by atoms with E-state index in [0.29, 0.717) is 17.4 Å². The molecule has 0 atom stereocenters. The van der Waals surface area contributed by atoms with Gasteiger partial charge >= 0.3 is 5.69 Å². The number of hydrogen-bond acceptors (Lipinski definition) is 3. The van der Waals surface area contributed by atoms with Crippen LogP contribution in [0, 0.1) is 0 Å². The summed E-state index contributed by atoms with van der Waals surface area (Å²) < 4.78 is 1.58. The maximum atomic E-state index is 11.8. The average Bonchev–Trinajstić information content (AvgIpc) is 2.38. The van der Waals surface area contributed by atoms with E-state index in [1.165, 1.54) is 0 Å². The van der Waals surface area contributed by atoms with Crippen molar-refractivity contribution in [3.05, 3.63) is 57.9 Å². The van der Waals surface area contributed by atoms with Crippen molar-refractivity contribution in [2.75, 3.05) is 6.54 Å². The Hall–Kier alpha value is -2.30. The summed E-state index contributed by atoms with van der Waals surface area (Å²) in [6.07, 6.45) is 2.40. The van der Waals surface area contributed by atoms with Crippen molar-refractivity contribution in [2.45, 2.75) is 13.0 Å². The summed E-state index contributed by atoms with van der Waals surface area (Å²) in [6, 6.07) is 7.10. The maximum absolute atomic E-state index is 11.8. The normalized spacial score (nSPS) is 10.4. The van der Waals surface area contributed by atoms with Gasteiger partial charge in [0.25, 0.3) is 5.56 Å². The van der Waals surface area contributed by atoms with E-state index in [-0.39, 0.29) is 11.2 Å². The number of rotatable bonds is 5. The van der Waals surface area contributed by atoms with Crippen LogP contribution in [0.15, 0.2) is 46.6 Å². The quantitative estimate of drug-likeness (QED) is 0.766. The standard InChI is InChI=1S/C13H15N3O2/c1-2-14-8-5-9-16-11-7-4-3-6-10(11)12(17)15-13(16)18/h2-4,6-7,14H,1,5,8-9H2,(H,15,17,18). The zero-order valence-electron chi connectivity index (χ0n) is 9.98. The molecule has 0 spiro atoms. The number of nitrogens with one attached hydrogen (secondary N) is 2. The molecule has 0 radical (unpaired) electrons. The molecule has 2 N–H and O–H groups in total. The lowest BCUT2D eigenvalue weighted by Crippen LogP contribution is -2.31. The topological polar surface area (TPSA) is 66.9 Å². The van der Waals surface area contributed by atoms with Crippen molar-refractivity contribution in [1.29, 1.82) is 0 Å². The molecule has 0 saturated heterocycles. The first-order valence-electron chi connectivity index (χ1n) is 5.80. The van der Waals surface area contributed by atoms with Crippen LogP contribution < -0.4 is 16.6 Å². The van der Waals surface area contributed by atoms with Gasteiger partial charge in [0.2, 0.25) is 0 Å². The van der Waals surface area contributed by atoms with Crippen molar-refractivity contribution in [3.8, 4) is 0 Å². The number of aromatic amines is 1. The molecule has 1 aromatic carbocycles. The number of aryl methyl sites for hydroxylation is 1. The second-order valence-corrected chi connectivity index (χ2v) is 3.94. The second-order valence-electron chi connectivity index (χ2n) is 3.94. The van der Waals surface area contributed by atoms with Crippen LogP contribution >= 0.6 is 0 Å². The fraction of sp³-hybridized carbons (Fsp3) is 0.231. The highest BCUT2D eigenvalue weighted by Gasteiger charge is 2.05. The molecule has 0 amide bonds. The molecule has 0 aliphatic carbocycles. The van der Waals surface area contributed by atoms with Gasteiger partial charge < -0.3 is 5.32 Å². The smallest absolute Gasteiger partial charge is 0.328 e. The Morgan fingerprint density at radius 3 is 2.89 bits per heavy atom. The number of hydrogen-bond donors (Lipinski definition) is 2. The van der Waals surface area contributed by atoms with Crippen LogP contribution in [0.4, 0.5) is 0 Å². The largest absolute Gasteiger partial charge is 0.391 e. The monoisotopic (exact) mass is 245 g/mol. The summed E-state index contributed by atoms with van der Waals surface area (Å²) in [7, 11) is 0. The highest BCUT2D eigenvalue weighted by molar-refractivity contribution is 5.77. The van der Waals surface area contributed by atoms with Gasteiger partial charge in [0.05, 0.1) is 10.9 Å². The van der Waals surface area contributed by atoms with Gasteiger partial charge in [-0.1, -0.05) is 18.7 Å². The lowest BCUT2D eigenvalue weighted by atomic mass is 10.2. The molecular formula is C13H15N3O2. The summed E-state index contributed by atoms with van der Waals surface area (Å²) in [5, 5.41) is 3.51. The zero-order valence-corrected chi connectivity index (χ0v) is 9.98. The Kier molecular flexibility index (Phi) is 3.62. The van der Waals surface area contributed by atoms with E-state index in [0.717, 1.165) is 13.0 Å². The molecule has 0 bridgehead atoms. The molecule has 0 saturated carbocycles. The molecule has 0 aliphatic heterocycles. The van der Waals surface area contributed by atoms with Gasteiger partial charge in [-0.15, -0.1) is 0 Å². The van der Waals surface area contributed by atoms with E-state index in [9.17, 15) is 9.59 Å². The highest BCUT2D eigenvalue weighted by atomic mass is 16.2. The third-order valence-corrected chi connectivity index (χ3v) is 2.75. The van der Waals surface area contributed by atoms with E-state index < -0.39 is 0 Å². The summed E-state index contributed by atoms with van der Waals surface area (Å²) >= 11 is 0. The maximum Gasteiger partial charge on any atom is 0.328 e. The summed E-state index contributed by atoms with van der Waals surface area (Å²) in [4.78, 5) is 25.8. The van der Waals surface area contributed by atoms with Crippen LogP contribution in [-0.2, 0) is 6.54 Å². The van der Waals surface area contributed by atoms with Crippen molar-refractivity contribution in [2.24, 2.45) is 0 Å². The number of fused-ring (bicyclic) bond motifs is 1. The molecule has 1 heterocycles. The summed E-state index contributed by atoms with van der Waals surface area (Å²) in [5.41, 5.74) is -0.0294. The summed E-state index contributed by atoms with van der Waals surface area (Å²) in [6.45, 7) is 4.85. The van der Waals surface area contributed by atoms with E-state index in [1.54, 1.807) is 29.0 Å². The molecule has 5 nitrogen and oxygen atoms in total. The van der Waals surface area contributed by atoms with Gasteiger partial charge in [-0.05, 0) is 24.8 Å². The minimum Gasteiger partial charge on any atom is -0.391 e. The van der Waals surface area contributed by atoms with Crippen LogP contribution in [0.3, 0.4) is 0 Å². The molecule has 94 valence electrons. The Labute approximate surface area is 104 Å². The van der Waals surface area contributed by atoms with E-state index >= 15 is 0 Å². The minimum absolute atomic E-state index is 0.337. The minimum atomic E-state index is -0.364. The van der Waals surface area contributed by atoms with E-state index in [1.807, 2.05) is 6.07 Å². The molecule has 1 aromatic heterocycles. The Bertz CT molecular complexity index is 670. The molecule has 0 unspecified atom stereocenters. The molecule has 2 rings (SSSR count). The van der Waals surface area contributed by atoms with Gasteiger partial charge in [0.1, 0.15) is 0 Å². The van der Waals surface area contributed by atoms with Crippen LogP contribution in [0.1, 0.15) is 6.42 Å². The average molecular weight is 245 g/mol. The van der Waals surface area contributed by atoms with Gasteiger partial charge in [-0.3, -0.25) is 14.3 Å². The third kappa shape index (κ3) is 2.34. The van der Waals surface area contributed by atoms with Crippen molar-refractivity contribution >= 4 is 10.9 Å². The Morgan fingerprint density at radius 2 is 2.11 bits per heavy atom. The van der Waals surface area contributed by atoms with Crippen LogP contribution in [0.25, 0.3) is 10.9 Å². The number of para-hydroxylation sites is 1. The van der Waals surface area contributed by atoms with Gasteiger partial charge in [-0.25, -0.2) is 4.79 Å². The predicted molar refractivity (Wildman–Crippen MR) is 71.6 cm³/mol. The predicted octanol–water partition coefficient (Wildman–Crippen LogP) is 0.813. The summed E-state index contributed by atoms with van der Waals surface area (Å²) in [5.74, 6) is 0. The zero-order chi connectivity index (χ0) is 13.0. The molecule has 5 heteroatoms. The molecule has 0 fully saturated rings. The first kappa shape index (κ1) is 12.2. The van der Waals surface area contributed by atoms with Gasteiger partial charge in [0, 0.05) is 13.1 Å². The number of aromatic nitrogens is 2. The highest BCUT2D eigenvalue weighted by Crippen LogP contribution is 2.06. The molecule has 18 heavy (non-hydrogen) atoms. The van der Waals surface area contributed by atoms with Crippen LogP contribution in [0.2, 0.25) is 0 Å². The second kappa shape index (κ2) is 5.35. The number of benzene rings is 1. The molecule has 2 aromatic rings. The molecular weight excluding hydrogens is 230 g/mol. The lowest BCUT2D eigenvalue weighted by molar-refractivity contribution is 0.611. The molecule has 0 aliphatic rings. The first-order valence-corrected chi connectivity index (χ1v) is 5.80. The fourth-order valence-corrected chi connectivity index (χ4v) is 1.91. The van der Waals surface area contributed by atoms with Crippen molar-refractivity contribution < 1.29 is 0 Å². The van der Waals surface area contributed by atoms with Crippen LogP contribution in [0.5, 0.6) is 0 Å². The fourth-order valence-electron chi connectivity index (χ4n) is 1.91. The Morgan fingerprint density at radius 1 is 1.33 bits per heavy atom. The van der Waals surface area contributed by atoms with E-state index in [2.05, 4.69) is 16.9 Å². The van der Waals surface area contributed by atoms with Crippen molar-refractivity contribution in [1.82, 2.24) is 14.9 Å². The number of H-pyrrole nitrogens is 1. The Balaban J connectivity index is 2.40. The van der Waals surface area contributed by atoms with E-state index in [4.69, 9.17) is 0 Å². The number of nitrogens with zero attached hydrogens (tertiary/aromatic N) is 1.